The molecule has 1 aromatic carbocycles. The molecule has 0 N–H and O–H groups in total. The van der Waals surface area contributed by atoms with Gasteiger partial charge in [0.05, 0.1) is 7.11 Å². The highest BCUT2D eigenvalue weighted by Crippen LogP contribution is 2.41. The van der Waals surface area contributed by atoms with Gasteiger partial charge in [-0.25, -0.2) is 0 Å². The third-order valence-corrected chi connectivity index (χ3v) is 14.1. The summed E-state index contributed by atoms with van der Waals surface area (Å²) in [6.07, 6.45) is 4.62. The molecule has 204 valence electrons. The first-order valence-corrected chi connectivity index (χ1v) is 17.6. The fraction of sp³-hybridized carbons (Fsp3) is 0.633. The number of methoxy groups -OCH3 is 1. The van der Waals surface area contributed by atoms with Gasteiger partial charge in [-0.15, -0.1) is 0 Å². The molecule has 1 aliphatic carbocycles. The Balaban J connectivity index is 1.47. The largest absolute Gasteiger partial charge is 0.497 e. The van der Waals surface area contributed by atoms with Crippen molar-refractivity contribution in [2.24, 2.45) is 11.8 Å². The Morgan fingerprint density at radius 1 is 1.14 bits per heavy atom. The molecule has 1 saturated heterocycles. The molecule has 2 aromatic rings. The average molecular weight is 544 g/mol. The number of hydrogen-bond donors (Lipinski definition) is 0. The quantitative estimate of drug-likeness (QED) is 0.224. The summed E-state index contributed by atoms with van der Waals surface area (Å²) >= 11 is 1.75. The number of ether oxygens (including phenoxy) is 2. The van der Waals surface area contributed by atoms with Crippen LogP contribution in [0, 0.1) is 11.8 Å². The minimum atomic E-state index is -1.85. The van der Waals surface area contributed by atoms with Gasteiger partial charge in [-0.1, -0.05) is 52.2 Å². The van der Waals surface area contributed by atoms with Crippen molar-refractivity contribution in [1.82, 2.24) is 4.90 Å². The summed E-state index contributed by atoms with van der Waals surface area (Å²) in [5, 5.41) is 4.62. The maximum absolute atomic E-state index is 13.5. The van der Waals surface area contributed by atoms with Gasteiger partial charge in [0, 0.05) is 31.5 Å². The zero-order valence-electron chi connectivity index (χ0n) is 23.5. The van der Waals surface area contributed by atoms with Crippen molar-refractivity contribution in [3.8, 4) is 5.75 Å². The second-order valence-electron chi connectivity index (χ2n) is 12.5. The summed E-state index contributed by atoms with van der Waals surface area (Å²) in [6.45, 7) is 14.4. The van der Waals surface area contributed by atoms with E-state index in [1.165, 1.54) is 24.8 Å². The molecule has 1 saturated carbocycles. The van der Waals surface area contributed by atoms with Crippen molar-refractivity contribution in [2.75, 3.05) is 26.8 Å². The van der Waals surface area contributed by atoms with Crippen molar-refractivity contribution in [3.63, 3.8) is 0 Å². The van der Waals surface area contributed by atoms with E-state index >= 15 is 0 Å². The van der Waals surface area contributed by atoms with Crippen LogP contribution in [0.4, 0.5) is 0 Å². The van der Waals surface area contributed by atoms with Crippen LogP contribution in [0.25, 0.3) is 0 Å². The van der Waals surface area contributed by atoms with Crippen LogP contribution in [-0.4, -0.2) is 52.0 Å². The van der Waals surface area contributed by atoms with Crippen molar-refractivity contribution < 1.29 is 18.7 Å². The van der Waals surface area contributed by atoms with E-state index in [-0.39, 0.29) is 17.0 Å². The monoisotopic (exact) mass is 543 g/mol. The number of carbonyl (C=O) groups excluding carboxylic acids is 1. The summed E-state index contributed by atoms with van der Waals surface area (Å²) in [5.74, 6) is 2.11. The number of esters is 1. The first-order valence-electron chi connectivity index (χ1n) is 13.8. The molecule has 0 bridgehead atoms. The molecule has 0 radical (unpaired) electrons. The molecule has 3 atom stereocenters. The first-order chi connectivity index (χ1) is 17.6. The predicted octanol–water partition coefficient (Wildman–Crippen LogP) is 7.10. The maximum atomic E-state index is 13.5. The number of carbonyl (C=O) groups is 1. The van der Waals surface area contributed by atoms with Gasteiger partial charge in [-0.2, -0.15) is 11.3 Å². The van der Waals surface area contributed by atoms with Crippen molar-refractivity contribution in [3.05, 3.63) is 52.2 Å². The van der Waals surface area contributed by atoms with Crippen LogP contribution < -0.4 is 4.74 Å². The minimum Gasteiger partial charge on any atom is -0.497 e. The van der Waals surface area contributed by atoms with E-state index in [9.17, 15) is 4.79 Å². The van der Waals surface area contributed by atoms with Gasteiger partial charge >= 0.3 is 5.97 Å². The molecule has 7 heteroatoms. The Kier molecular flexibility index (Phi) is 9.20. The van der Waals surface area contributed by atoms with Crippen LogP contribution in [0.3, 0.4) is 0 Å². The van der Waals surface area contributed by atoms with E-state index in [2.05, 4.69) is 55.6 Å². The average Bonchev–Trinajstić information content (AvgIpc) is 3.50. The summed E-state index contributed by atoms with van der Waals surface area (Å²) in [5.41, 5.74) is 2.36. The Bertz CT molecular complexity index is 998. The number of thiophene rings is 1. The van der Waals surface area contributed by atoms with Crippen LogP contribution in [0.2, 0.25) is 18.1 Å². The Hall–Kier alpha value is -1.67. The fourth-order valence-corrected chi connectivity index (χ4v) is 6.92. The predicted molar refractivity (Wildman–Crippen MR) is 154 cm³/mol. The van der Waals surface area contributed by atoms with Crippen LogP contribution in [0.15, 0.2) is 41.1 Å². The zero-order valence-corrected chi connectivity index (χ0v) is 25.3. The molecule has 2 heterocycles. The van der Waals surface area contributed by atoms with E-state index in [4.69, 9.17) is 13.9 Å². The molecule has 2 aliphatic rings. The second-order valence-corrected chi connectivity index (χ2v) is 18.0. The van der Waals surface area contributed by atoms with Crippen LogP contribution in [0.1, 0.15) is 63.5 Å². The lowest BCUT2D eigenvalue weighted by Gasteiger charge is -2.37. The smallest absolute Gasteiger partial charge is 0.323 e. The fourth-order valence-electron chi connectivity index (χ4n) is 5.13. The van der Waals surface area contributed by atoms with E-state index in [1.54, 1.807) is 18.4 Å². The van der Waals surface area contributed by atoms with Crippen LogP contribution >= 0.6 is 11.3 Å². The molecule has 1 aliphatic heterocycles. The van der Waals surface area contributed by atoms with Gasteiger partial charge in [0.25, 0.3) is 0 Å². The van der Waals surface area contributed by atoms with Gasteiger partial charge in [-0.05, 0) is 70.6 Å². The first kappa shape index (κ1) is 28.3. The van der Waals surface area contributed by atoms with Crippen LogP contribution in [-0.2, 0) is 20.6 Å². The van der Waals surface area contributed by atoms with Crippen molar-refractivity contribution in [1.29, 1.82) is 0 Å². The SMILES string of the molecule is COc1ccc(COC(=O)[C@@H](CC2CCC2)N2C[C@H](CO[Si](C)(C)C(C)(C)C)[C@@H](c3ccsc3)C2)cc1. The van der Waals surface area contributed by atoms with Crippen molar-refractivity contribution in [2.45, 2.75) is 83.2 Å². The lowest BCUT2D eigenvalue weighted by molar-refractivity contribution is -0.152. The Morgan fingerprint density at radius 2 is 1.86 bits per heavy atom. The number of benzene rings is 1. The number of rotatable bonds is 11. The molecule has 0 spiro atoms. The molecule has 2 fully saturated rings. The molecule has 5 nitrogen and oxygen atoms in total. The van der Waals surface area contributed by atoms with E-state index < -0.39 is 8.32 Å². The highest BCUT2D eigenvalue weighted by Gasteiger charge is 2.43. The molecule has 0 amide bonds. The van der Waals surface area contributed by atoms with E-state index in [0.717, 1.165) is 37.4 Å². The maximum Gasteiger partial charge on any atom is 0.323 e. The number of nitrogens with zero attached hydrogens (tertiary/aromatic N) is 1. The Labute approximate surface area is 228 Å². The molecular weight excluding hydrogens is 498 g/mol. The Morgan fingerprint density at radius 3 is 2.43 bits per heavy atom. The summed E-state index contributed by atoms with van der Waals surface area (Å²) < 4.78 is 17.9. The van der Waals surface area contributed by atoms with E-state index in [0.29, 0.717) is 24.4 Å². The number of likely N-dealkylation sites (tertiary alicyclic amines) is 1. The van der Waals surface area contributed by atoms with Gasteiger partial charge in [0.2, 0.25) is 0 Å². The lowest BCUT2D eigenvalue weighted by Crippen LogP contribution is -2.44. The standard InChI is InChI=1S/C30H45NO4SSi/c1-30(2,3)37(5,6)35-20-25-17-31(18-27(25)24-14-15-36-21-24)28(16-22-8-7-9-22)29(32)34-19-23-10-12-26(33-4)13-11-23/h10-15,21-22,25,27-28H,7-9,16-20H2,1-6H3/t25-,27-,28-/m1/s1. The summed E-state index contributed by atoms with van der Waals surface area (Å²) in [6, 6.07) is 9.80. The topological polar surface area (TPSA) is 48.0 Å². The highest BCUT2D eigenvalue weighted by atomic mass is 32.1. The third-order valence-electron chi connectivity index (χ3n) is 8.94. The van der Waals surface area contributed by atoms with Gasteiger partial charge < -0.3 is 13.9 Å². The number of hydrogen-bond acceptors (Lipinski definition) is 6. The highest BCUT2D eigenvalue weighted by molar-refractivity contribution is 7.08. The van der Waals surface area contributed by atoms with Gasteiger partial charge in [0.1, 0.15) is 18.4 Å². The lowest BCUT2D eigenvalue weighted by atomic mass is 9.80. The zero-order chi connectivity index (χ0) is 26.6. The van der Waals surface area contributed by atoms with Crippen molar-refractivity contribution >= 4 is 25.6 Å². The molecule has 0 unspecified atom stereocenters. The normalized spacial score (nSPS) is 22.0. The molecular formula is C30H45NO4SSi. The minimum absolute atomic E-state index is 0.0854. The second kappa shape index (κ2) is 12.0. The molecule has 1 aromatic heterocycles. The molecule has 37 heavy (non-hydrogen) atoms. The summed E-state index contributed by atoms with van der Waals surface area (Å²) in [7, 11) is -0.197. The van der Waals surface area contributed by atoms with Gasteiger partial charge in [0.15, 0.2) is 8.32 Å². The van der Waals surface area contributed by atoms with Gasteiger partial charge in [-0.3, -0.25) is 9.69 Å². The van der Waals surface area contributed by atoms with E-state index in [1.807, 2.05) is 24.3 Å². The van der Waals surface area contributed by atoms with Crippen LogP contribution in [0.5, 0.6) is 5.75 Å². The summed E-state index contributed by atoms with van der Waals surface area (Å²) in [4.78, 5) is 16.0. The molecule has 4 rings (SSSR count). The third kappa shape index (κ3) is 7.05.